The standard InChI is InChI=1S/C6H8N2O2/c1-5(9)3-8-6(10)4-7-2/h3-4H2,1H3,(H,8,10). The summed E-state index contributed by atoms with van der Waals surface area (Å²) in [5, 5.41) is 2.28. The van der Waals surface area contributed by atoms with E-state index in [0.717, 1.165) is 0 Å². The minimum atomic E-state index is -0.398. The summed E-state index contributed by atoms with van der Waals surface area (Å²) >= 11 is 0. The first kappa shape index (κ1) is 8.63. The van der Waals surface area contributed by atoms with Crippen molar-refractivity contribution in [2.75, 3.05) is 13.1 Å². The number of rotatable bonds is 3. The molecular formula is C6H8N2O2. The predicted octanol–water partition coefficient (Wildman–Crippen LogP) is -0.389. The summed E-state index contributed by atoms with van der Waals surface area (Å²) in [6, 6.07) is 0. The third-order valence-electron chi connectivity index (χ3n) is 0.757. The van der Waals surface area contributed by atoms with E-state index in [4.69, 9.17) is 6.57 Å². The number of hydrogen-bond donors (Lipinski definition) is 1. The van der Waals surface area contributed by atoms with Crippen LogP contribution in [0.1, 0.15) is 6.92 Å². The average molecular weight is 140 g/mol. The van der Waals surface area contributed by atoms with Crippen LogP contribution in [0.25, 0.3) is 4.85 Å². The smallest absolute Gasteiger partial charge is 0.300 e. The fourth-order valence-electron chi connectivity index (χ4n) is 0.351. The van der Waals surface area contributed by atoms with Gasteiger partial charge in [0.05, 0.1) is 6.54 Å². The Hall–Kier alpha value is -1.37. The van der Waals surface area contributed by atoms with Gasteiger partial charge in [0.1, 0.15) is 5.78 Å². The molecule has 0 saturated carbocycles. The van der Waals surface area contributed by atoms with Gasteiger partial charge < -0.3 is 10.2 Å². The van der Waals surface area contributed by atoms with Crippen molar-refractivity contribution in [1.82, 2.24) is 5.32 Å². The van der Waals surface area contributed by atoms with Gasteiger partial charge in [0.15, 0.2) is 0 Å². The molecule has 0 aromatic heterocycles. The summed E-state index contributed by atoms with van der Waals surface area (Å²) in [5.41, 5.74) is 0. The third kappa shape index (κ3) is 4.78. The molecular weight excluding hydrogens is 132 g/mol. The molecule has 0 heterocycles. The number of carbonyl (C=O) groups excluding carboxylic acids is 2. The fourth-order valence-corrected chi connectivity index (χ4v) is 0.351. The van der Waals surface area contributed by atoms with Crippen LogP contribution in [0.5, 0.6) is 0 Å². The molecule has 0 rings (SSSR count). The van der Waals surface area contributed by atoms with Gasteiger partial charge in [-0.2, -0.15) is 0 Å². The fraction of sp³-hybridized carbons (Fsp3) is 0.500. The molecule has 0 aromatic carbocycles. The highest BCUT2D eigenvalue weighted by Gasteiger charge is 2.02. The molecule has 0 unspecified atom stereocenters. The van der Waals surface area contributed by atoms with Gasteiger partial charge in [-0.1, -0.05) is 0 Å². The zero-order valence-electron chi connectivity index (χ0n) is 5.68. The molecule has 10 heavy (non-hydrogen) atoms. The number of carbonyl (C=O) groups is 2. The second kappa shape index (κ2) is 4.50. The van der Waals surface area contributed by atoms with E-state index in [1.54, 1.807) is 0 Å². The van der Waals surface area contributed by atoms with Crippen LogP contribution >= 0.6 is 0 Å². The molecule has 0 aliphatic rings. The van der Waals surface area contributed by atoms with Gasteiger partial charge in [0.25, 0.3) is 6.54 Å². The lowest BCUT2D eigenvalue weighted by Gasteiger charge is -1.94. The molecule has 54 valence electrons. The maximum absolute atomic E-state index is 10.5. The molecule has 1 amide bonds. The highest BCUT2D eigenvalue weighted by atomic mass is 16.2. The third-order valence-corrected chi connectivity index (χ3v) is 0.757. The molecule has 0 spiro atoms. The van der Waals surface area contributed by atoms with Gasteiger partial charge in [-0.15, -0.1) is 0 Å². The van der Waals surface area contributed by atoms with E-state index in [9.17, 15) is 9.59 Å². The SMILES string of the molecule is [C-]#[N+]CC(=O)NCC(C)=O. The molecule has 0 aromatic rings. The summed E-state index contributed by atoms with van der Waals surface area (Å²) in [6.45, 7) is 7.49. The van der Waals surface area contributed by atoms with Gasteiger partial charge in [0.2, 0.25) is 0 Å². The Bertz CT molecular complexity index is 181. The lowest BCUT2D eigenvalue weighted by Crippen LogP contribution is -2.29. The predicted molar refractivity (Wildman–Crippen MR) is 35.2 cm³/mol. The number of nitrogens with one attached hydrogen (secondary N) is 1. The Balaban J connectivity index is 3.42. The average Bonchev–Trinajstić information content (AvgIpc) is 1.85. The lowest BCUT2D eigenvalue weighted by atomic mass is 10.4. The van der Waals surface area contributed by atoms with Crippen LogP contribution < -0.4 is 5.32 Å². The first-order valence-electron chi connectivity index (χ1n) is 2.76. The summed E-state index contributed by atoms with van der Waals surface area (Å²) in [6.07, 6.45) is 0. The Morgan fingerprint density at radius 2 is 2.20 bits per heavy atom. The summed E-state index contributed by atoms with van der Waals surface area (Å²) in [5.74, 6) is -0.511. The zero-order chi connectivity index (χ0) is 7.98. The monoisotopic (exact) mass is 140 g/mol. The van der Waals surface area contributed by atoms with Crippen LogP contribution in [0.3, 0.4) is 0 Å². The van der Waals surface area contributed by atoms with Crippen molar-refractivity contribution in [2.24, 2.45) is 0 Å². The molecule has 0 aliphatic heterocycles. The van der Waals surface area contributed by atoms with E-state index >= 15 is 0 Å². The number of nitrogens with zero attached hydrogens (tertiary/aromatic N) is 1. The lowest BCUT2D eigenvalue weighted by molar-refractivity contribution is -0.123. The van der Waals surface area contributed by atoms with E-state index in [1.807, 2.05) is 0 Å². The number of hydrogen-bond acceptors (Lipinski definition) is 2. The van der Waals surface area contributed by atoms with E-state index in [2.05, 4.69) is 10.2 Å². The normalized spacial score (nSPS) is 8.00. The molecule has 0 bridgehead atoms. The van der Waals surface area contributed by atoms with E-state index in [1.165, 1.54) is 6.92 Å². The first-order valence-corrected chi connectivity index (χ1v) is 2.76. The van der Waals surface area contributed by atoms with Crippen LogP contribution in [-0.4, -0.2) is 24.8 Å². The van der Waals surface area contributed by atoms with Gasteiger partial charge in [-0.3, -0.25) is 9.59 Å². The molecule has 4 heteroatoms. The highest BCUT2D eigenvalue weighted by Crippen LogP contribution is 1.70. The summed E-state index contributed by atoms with van der Waals surface area (Å²) in [4.78, 5) is 23.6. The Morgan fingerprint density at radius 1 is 1.60 bits per heavy atom. The Kier molecular flexibility index (Phi) is 3.89. The summed E-state index contributed by atoms with van der Waals surface area (Å²) < 4.78 is 0. The number of Topliss-reactive ketones (excluding diaryl/α,β-unsaturated/α-hetero) is 1. The van der Waals surface area contributed by atoms with Crippen LogP contribution in [0, 0.1) is 6.57 Å². The topological polar surface area (TPSA) is 50.5 Å². The first-order chi connectivity index (χ1) is 4.66. The summed E-state index contributed by atoms with van der Waals surface area (Å²) in [7, 11) is 0. The maximum atomic E-state index is 10.5. The molecule has 0 radical (unpaired) electrons. The van der Waals surface area contributed by atoms with Crippen molar-refractivity contribution >= 4 is 11.7 Å². The van der Waals surface area contributed by atoms with Gasteiger partial charge in [-0.25, -0.2) is 6.57 Å². The van der Waals surface area contributed by atoms with Crippen molar-refractivity contribution < 1.29 is 9.59 Å². The minimum Gasteiger partial charge on any atom is -0.343 e. The highest BCUT2D eigenvalue weighted by molar-refractivity contribution is 5.85. The zero-order valence-corrected chi connectivity index (χ0v) is 5.68. The minimum absolute atomic E-state index is 0.0222. The van der Waals surface area contributed by atoms with Gasteiger partial charge in [-0.05, 0) is 6.92 Å². The molecule has 4 nitrogen and oxygen atoms in total. The Labute approximate surface area is 59.0 Å². The second-order valence-electron chi connectivity index (χ2n) is 1.79. The molecule has 0 saturated heterocycles. The molecule has 0 fully saturated rings. The van der Waals surface area contributed by atoms with Crippen LogP contribution in [0.15, 0.2) is 0 Å². The Morgan fingerprint density at radius 3 is 2.60 bits per heavy atom. The van der Waals surface area contributed by atoms with Crippen molar-refractivity contribution in [3.63, 3.8) is 0 Å². The van der Waals surface area contributed by atoms with E-state index in [0.29, 0.717) is 0 Å². The molecule has 0 aliphatic carbocycles. The number of ketones is 1. The largest absolute Gasteiger partial charge is 0.343 e. The van der Waals surface area contributed by atoms with Crippen molar-refractivity contribution in [3.05, 3.63) is 11.4 Å². The van der Waals surface area contributed by atoms with E-state index in [-0.39, 0.29) is 18.9 Å². The van der Waals surface area contributed by atoms with Crippen molar-refractivity contribution in [3.8, 4) is 0 Å². The van der Waals surface area contributed by atoms with Crippen LogP contribution in [0.4, 0.5) is 0 Å². The van der Waals surface area contributed by atoms with E-state index < -0.39 is 5.91 Å². The molecule has 0 atom stereocenters. The van der Waals surface area contributed by atoms with Crippen LogP contribution in [0.2, 0.25) is 0 Å². The quantitative estimate of drug-likeness (QED) is 0.543. The number of amides is 1. The van der Waals surface area contributed by atoms with Crippen LogP contribution in [-0.2, 0) is 9.59 Å². The van der Waals surface area contributed by atoms with Gasteiger partial charge >= 0.3 is 5.91 Å². The van der Waals surface area contributed by atoms with Crippen molar-refractivity contribution in [1.29, 1.82) is 0 Å². The second-order valence-corrected chi connectivity index (χ2v) is 1.79. The van der Waals surface area contributed by atoms with Gasteiger partial charge in [0, 0.05) is 0 Å². The molecule has 1 N–H and O–H groups in total. The maximum Gasteiger partial charge on any atom is 0.300 e. The van der Waals surface area contributed by atoms with Crippen molar-refractivity contribution in [2.45, 2.75) is 6.92 Å².